The van der Waals surface area contributed by atoms with Gasteiger partial charge in [0.25, 0.3) is 0 Å². The predicted octanol–water partition coefficient (Wildman–Crippen LogP) is 4.44. The summed E-state index contributed by atoms with van der Waals surface area (Å²) in [5.41, 5.74) is 6.32. The van der Waals surface area contributed by atoms with Crippen molar-refractivity contribution >= 4 is 28.5 Å². The number of carboxylic acid groups (broad SMARTS) is 1. The second-order valence-electron chi connectivity index (χ2n) is 7.49. The molecule has 2 aliphatic rings. The number of fused-ring (bicyclic) bond motifs is 2. The summed E-state index contributed by atoms with van der Waals surface area (Å²) in [6.07, 6.45) is 6.68. The standard InChI is InChI=1S/C23H19NO3/c1-13-18(16-10-14-4-2-3-5-15(14)11-16)8-9-19-21(13)24(17-6-7-17)12-20(22(19)25)23(26)27/h2-5,8-10,12,17H,6-7,11H2,1H3,(H,26,27). The van der Waals surface area contributed by atoms with Crippen LogP contribution in [0.5, 0.6) is 0 Å². The minimum Gasteiger partial charge on any atom is -0.477 e. The van der Waals surface area contributed by atoms with Crippen LogP contribution in [0.25, 0.3) is 22.6 Å². The molecule has 2 aromatic carbocycles. The summed E-state index contributed by atoms with van der Waals surface area (Å²) in [7, 11) is 0. The van der Waals surface area contributed by atoms with E-state index in [9.17, 15) is 14.7 Å². The van der Waals surface area contributed by atoms with Crippen LogP contribution in [-0.4, -0.2) is 15.6 Å². The lowest BCUT2D eigenvalue weighted by Gasteiger charge is -2.17. The topological polar surface area (TPSA) is 59.3 Å². The zero-order valence-electron chi connectivity index (χ0n) is 15.0. The molecule has 134 valence electrons. The van der Waals surface area contributed by atoms with E-state index in [0.717, 1.165) is 35.9 Å². The molecular formula is C23H19NO3. The maximum absolute atomic E-state index is 12.7. The largest absolute Gasteiger partial charge is 0.477 e. The molecule has 1 fully saturated rings. The molecule has 0 aliphatic heterocycles. The smallest absolute Gasteiger partial charge is 0.341 e. The first-order valence-electron chi connectivity index (χ1n) is 9.25. The van der Waals surface area contributed by atoms with E-state index >= 15 is 0 Å². The molecule has 1 aromatic heterocycles. The Labute approximate surface area is 156 Å². The maximum Gasteiger partial charge on any atom is 0.341 e. The molecule has 0 amide bonds. The van der Waals surface area contributed by atoms with E-state index in [-0.39, 0.29) is 11.6 Å². The first-order valence-corrected chi connectivity index (χ1v) is 9.25. The molecule has 0 bridgehead atoms. The molecule has 0 saturated heterocycles. The minimum absolute atomic E-state index is 0.144. The molecular weight excluding hydrogens is 338 g/mol. The SMILES string of the molecule is Cc1c(C2=Cc3ccccc3C2)ccc2c(=O)c(C(=O)O)cn(C3CC3)c12. The Morgan fingerprint density at radius 2 is 1.93 bits per heavy atom. The van der Waals surface area contributed by atoms with Crippen LogP contribution in [0.1, 0.15) is 51.5 Å². The number of aryl methyl sites for hydroxylation is 1. The highest BCUT2D eigenvalue weighted by Crippen LogP contribution is 2.40. The lowest BCUT2D eigenvalue weighted by Crippen LogP contribution is -2.19. The third-order valence-corrected chi connectivity index (χ3v) is 5.73. The van der Waals surface area contributed by atoms with Gasteiger partial charge in [0.05, 0.1) is 5.52 Å². The number of carboxylic acids is 1. The molecule has 1 heterocycles. The zero-order valence-corrected chi connectivity index (χ0v) is 15.0. The molecule has 3 aromatic rings. The fraction of sp³-hybridized carbons (Fsp3) is 0.217. The summed E-state index contributed by atoms with van der Waals surface area (Å²) in [6.45, 7) is 2.04. The third kappa shape index (κ3) is 2.44. The predicted molar refractivity (Wildman–Crippen MR) is 106 cm³/mol. The lowest BCUT2D eigenvalue weighted by molar-refractivity contribution is 0.0695. The van der Waals surface area contributed by atoms with Crippen molar-refractivity contribution in [2.24, 2.45) is 0 Å². The molecule has 4 heteroatoms. The Hall–Kier alpha value is -3.14. The van der Waals surface area contributed by atoms with Crippen LogP contribution in [0.3, 0.4) is 0 Å². The number of nitrogens with zero attached hydrogens (tertiary/aromatic N) is 1. The molecule has 2 aliphatic carbocycles. The van der Waals surface area contributed by atoms with Crippen molar-refractivity contribution < 1.29 is 9.90 Å². The van der Waals surface area contributed by atoms with Gasteiger partial charge in [-0.1, -0.05) is 36.4 Å². The first-order chi connectivity index (χ1) is 13.0. The van der Waals surface area contributed by atoms with Gasteiger partial charge in [0.15, 0.2) is 0 Å². The van der Waals surface area contributed by atoms with Gasteiger partial charge in [-0.15, -0.1) is 0 Å². The first kappa shape index (κ1) is 16.1. The molecule has 4 nitrogen and oxygen atoms in total. The minimum atomic E-state index is -1.16. The normalized spacial score (nSPS) is 15.7. The fourth-order valence-electron chi connectivity index (χ4n) is 4.22. The van der Waals surface area contributed by atoms with Crippen LogP contribution in [-0.2, 0) is 6.42 Å². The van der Waals surface area contributed by atoms with Crippen LogP contribution in [0, 0.1) is 6.92 Å². The van der Waals surface area contributed by atoms with E-state index in [0.29, 0.717) is 5.39 Å². The summed E-state index contributed by atoms with van der Waals surface area (Å²) in [6, 6.07) is 12.4. The number of benzene rings is 2. The highest BCUT2D eigenvalue weighted by molar-refractivity contribution is 5.97. The van der Waals surface area contributed by atoms with Gasteiger partial charge in [-0.2, -0.15) is 0 Å². The maximum atomic E-state index is 12.7. The second-order valence-corrected chi connectivity index (χ2v) is 7.49. The number of pyridine rings is 1. The van der Waals surface area contributed by atoms with Crippen LogP contribution in [0.4, 0.5) is 0 Å². The highest BCUT2D eigenvalue weighted by Gasteiger charge is 2.28. The van der Waals surface area contributed by atoms with Gasteiger partial charge in [-0.3, -0.25) is 4.79 Å². The van der Waals surface area contributed by atoms with Crippen molar-refractivity contribution in [3.63, 3.8) is 0 Å². The van der Waals surface area contributed by atoms with Crippen LogP contribution in [0.2, 0.25) is 0 Å². The monoisotopic (exact) mass is 357 g/mol. The summed E-state index contributed by atoms with van der Waals surface area (Å²) >= 11 is 0. The molecule has 1 saturated carbocycles. The Kier molecular flexibility index (Phi) is 3.38. The third-order valence-electron chi connectivity index (χ3n) is 5.73. The van der Waals surface area contributed by atoms with Crippen molar-refractivity contribution in [3.8, 4) is 0 Å². The highest BCUT2D eigenvalue weighted by atomic mass is 16.4. The lowest BCUT2D eigenvalue weighted by atomic mass is 9.95. The summed E-state index contributed by atoms with van der Waals surface area (Å²) in [5.74, 6) is -1.16. The Morgan fingerprint density at radius 3 is 2.63 bits per heavy atom. The van der Waals surface area contributed by atoms with Crippen LogP contribution in [0.15, 0.2) is 47.4 Å². The van der Waals surface area contributed by atoms with Gasteiger partial charge in [-0.05, 0) is 60.1 Å². The molecule has 5 rings (SSSR count). The number of hydrogen-bond donors (Lipinski definition) is 1. The van der Waals surface area contributed by atoms with Crippen molar-refractivity contribution in [1.29, 1.82) is 0 Å². The molecule has 1 N–H and O–H groups in total. The second kappa shape index (κ2) is 5.68. The number of rotatable bonds is 3. The molecule has 0 spiro atoms. The van der Waals surface area contributed by atoms with Crippen LogP contribution >= 0.6 is 0 Å². The zero-order chi connectivity index (χ0) is 18.7. The van der Waals surface area contributed by atoms with Gasteiger partial charge >= 0.3 is 5.97 Å². The van der Waals surface area contributed by atoms with E-state index in [1.54, 1.807) is 12.3 Å². The Balaban J connectivity index is 1.75. The molecule has 0 unspecified atom stereocenters. The fourth-order valence-corrected chi connectivity index (χ4v) is 4.22. The van der Waals surface area contributed by atoms with Crippen molar-refractivity contribution in [2.45, 2.75) is 32.2 Å². The molecule has 0 atom stereocenters. The van der Waals surface area contributed by atoms with E-state index in [1.165, 1.54) is 16.7 Å². The number of aromatic nitrogens is 1. The van der Waals surface area contributed by atoms with Crippen molar-refractivity contribution in [3.05, 3.63) is 80.6 Å². The Bertz CT molecular complexity index is 1210. The van der Waals surface area contributed by atoms with E-state index in [2.05, 4.69) is 24.3 Å². The van der Waals surface area contributed by atoms with Gasteiger partial charge in [0.2, 0.25) is 5.43 Å². The van der Waals surface area contributed by atoms with E-state index < -0.39 is 11.4 Å². The van der Waals surface area contributed by atoms with Gasteiger partial charge < -0.3 is 9.67 Å². The summed E-state index contributed by atoms with van der Waals surface area (Å²) < 4.78 is 2.02. The van der Waals surface area contributed by atoms with Gasteiger partial charge in [-0.25, -0.2) is 4.79 Å². The Morgan fingerprint density at radius 1 is 1.15 bits per heavy atom. The quantitative estimate of drug-likeness (QED) is 0.754. The number of hydrogen-bond acceptors (Lipinski definition) is 2. The summed E-state index contributed by atoms with van der Waals surface area (Å²) in [4.78, 5) is 24.2. The average Bonchev–Trinajstić information content (AvgIpc) is 3.40. The van der Waals surface area contributed by atoms with Crippen molar-refractivity contribution in [2.75, 3.05) is 0 Å². The van der Waals surface area contributed by atoms with Crippen molar-refractivity contribution in [1.82, 2.24) is 4.57 Å². The number of allylic oxidation sites excluding steroid dienone is 1. The molecule has 27 heavy (non-hydrogen) atoms. The molecule has 0 radical (unpaired) electrons. The van der Waals surface area contributed by atoms with Crippen LogP contribution < -0.4 is 5.43 Å². The number of carbonyl (C=O) groups is 1. The van der Waals surface area contributed by atoms with E-state index in [4.69, 9.17) is 0 Å². The average molecular weight is 357 g/mol. The summed E-state index contributed by atoms with van der Waals surface area (Å²) in [5, 5.41) is 9.93. The van der Waals surface area contributed by atoms with E-state index in [1.807, 2.05) is 23.6 Å². The van der Waals surface area contributed by atoms with Gasteiger partial charge in [0.1, 0.15) is 5.56 Å². The van der Waals surface area contributed by atoms with Gasteiger partial charge in [0, 0.05) is 17.6 Å². The number of aromatic carboxylic acids is 1.